The molecule has 1 aromatic rings. The van der Waals surface area contributed by atoms with E-state index in [0.29, 0.717) is 6.04 Å². The van der Waals surface area contributed by atoms with Crippen LogP contribution >= 0.6 is 27.3 Å². The first-order valence-electron chi connectivity index (χ1n) is 5.20. The van der Waals surface area contributed by atoms with Gasteiger partial charge >= 0.3 is 0 Å². The van der Waals surface area contributed by atoms with Gasteiger partial charge in [0, 0.05) is 20.8 Å². The molecule has 0 aliphatic heterocycles. The van der Waals surface area contributed by atoms with Crippen LogP contribution in [-0.4, -0.2) is 32.6 Å². The number of rotatable bonds is 6. The Morgan fingerprint density at radius 1 is 1.53 bits per heavy atom. The van der Waals surface area contributed by atoms with Crippen molar-refractivity contribution in [1.29, 1.82) is 0 Å². The van der Waals surface area contributed by atoms with Gasteiger partial charge in [0.2, 0.25) is 0 Å². The molecule has 1 heterocycles. The van der Waals surface area contributed by atoms with E-state index in [0.717, 1.165) is 6.54 Å². The van der Waals surface area contributed by atoms with Crippen LogP contribution in [-0.2, 0) is 0 Å². The van der Waals surface area contributed by atoms with Gasteiger partial charge in [0.15, 0.2) is 0 Å². The lowest BCUT2D eigenvalue weighted by Gasteiger charge is -2.23. The minimum Gasteiger partial charge on any atom is -0.320 e. The highest BCUT2D eigenvalue weighted by atomic mass is 79.9. The SMILES string of the molecule is CNCCCC(c1cc(Br)cs1)N(C)C. The number of hydrogen-bond donors (Lipinski definition) is 1. The molecule has 1 unspecified atom stereocenters. The zero-order valence-electron chi connectivity index (χ0n) is 9.59. The Balaban J connectivity index is 2.58. The van der Waals surface area contributed by atoms with Crippen molar-refractivity contribution in [3.63, 3.8) is 0 Å². The molecule has 0 bridgehead atoms. The lowest BCUT2D eigenvalue weighted by molar-refractivity contribution is 0.283. The topological polar surface area (TPSA) is 15.3 Å². The molecule has 0 amide bonds. The first-order valence-corrected chi connectivity index (χ1v) is 6.87. The summed E-state index contributed by atoms with van der Waals surface area (Å²) in [4.78, 5) is 3.75. The molecule has 0 saturated heterocycles. The average molecular weight is 291 g/mol. The fourth-order valence-electron chi connectivity index (χ4n) is 1.63. The maximum Gasteiger partial charge on any atom is 0.0436 e. The predicted octanol–water partition coefficient (Wildman–Crippen LogP) is 3.11. The normalized spacial score (nSPS) is 13.4. The van der Waals surface area contributed by atoms with Crippen molar-refractivity contribution < 1.29 is 0 Å². The van der Waals surface area contributed by atoms with E-state index in [2.05, 4.69) is 51.7 Å². The van der Waals surface area contributed by atoms with Crippen molar-refractivity contribution in [2.45, 2.75) is 18.9 Å². The molecule has 15 heavy (non-hydrogen) atoms. The summed E-state index contributed by atoms with van der Waals surface area (Å²) in [5.74, 6) is 0. The standard InChI is InChI=1S/C11H19BrN2S/c1-13-6-4-5-10(14(2)3)11-7-9(12)8-15-11/h7-8,10,13H,4-6H2,1-3H3. The maximum atomic E-state index is 3.51. The van der Waals surface area contributed by atoms with Gasteiger partial charge < -0.3 is 10.2 Å². The third-order valence-electron chi connectivity index (χ3n) is 2.44. The molecular formula is C11H19BrN2S. The van der Waals surface area contributed by atoms with E-state index in [1.54, 1.807) is 0 Å². The molecule has 0 saturated carbocycles. The Morgan fingerprint density at radius 3 is 2.73 bits per heavy atom. The van der Waals surface area contributed by atoms with Crippen LogP contribution in [0, 0.1) is 0 Å². The number of nitrogens with one attached hydrogen (secondary N) is 1. The van der Waals surface area contributed by atoms with Crippen LogP contribution in [0.1, 0.15) is 23.8 Å². The maximum absolute atomic E-state index is 3.51. The van der Waals surface area contributed by atoms with Crippen LogP contribution in [0.5, 0.6) is 0 Å². The van der Waals surface area contributed by atoms with Crippen molar-refractivity contribution in [2.75, 3.05) is 27.7 Å². The third kappa shape index (κ3) is 4.23. The number of thiophene rings is 1. The van der Waals surface area contributed by atoms with Crippen LogP contribution in [0.2, 0.25) is 0 Å². The summed E-state index contributed by atoms with van der Waals surface area (Å²) in [6.45, 7) is 1.09. The molecule has 0 aliphatic rings. The molecular weight excluding hydrogens is 272 g/mol. The Labute approximate surface area is 105 Å². The predicted molar refractivity (Wildman–Crippen MR) is 71.6 cm³/mol. The van der Waals surface area contributed by atoms with Gasteiger partial charge in [-0.15, -0.1) is 11.3 Å². The molecule has 1 aromatic heterocycles. The van der Waals surface area contributed by atoms with Gasteiger partial charge in [-0.25, -0.2) is 0 Å². The lowest BCUT2D eigenvalue weighted by atomic mass is 10.1. The highest BCUT2D eigenvalue weighted by Crippen LogP contribution is 2.31. The number of hydrogen-bond acceptors (Lipinski definition) is 3. The van der Waals surface area contributed by atoms with Crippen molar-refractivity contribution in [3.8, 4) is 0 Å². The first-order chi connectivity index (χ1) is 7.15. The fourth-order valence-corrected chi connectivity index (χ4v) is 3.31. The molecule has 1 atom stereocenters. The zero-order chi connectivity index (χ0) is 11.3. The molecule has 86 valence electrons. The summed E-state index contributed by atoms with van der Waals surface area (Å²) >= 11 is 5.35. The Hall–Kier alpha value is 0.1000. The Morgan fingerprint density at radius 2 is 2.27 bits per heavy atom. The summed E-state index contributed by atoms with van der Waals surface area (Å²) in [6.07, 6.45) is 2.43. The fraction of sp³-hybridized carbons (Fsp3) is 0.636. The summed E-state index contributed by atoms with van der Waals surface area (Å²) in [5.41, 5.74) is 0. The summed E-state index contributed by atoms with van der Waals surface area (Å²) in [6, 6.07) is 2.78. The van der Waals surface area contributed by atoms with Crippen LogP contribution in [0.25, 0.3) is 0 Å². The zero-order valence-corrected chi connectivity index (χ0v) is 12.0. The van der Waals surface area contributed by atoms with Gasteiger partial charge in [-0.3, -0.25) is 0 Å². The van der Waals surface area contributed by atoms with Gasteiger partial charge in [0.05, 0.1) is 0 Å². The molecule has 0 aliphatic carbocycles. The largest absolute Gasteiger partial charge is 0.320 e. The van der Waals surface area contributed by atoms with Gasteiger partial charge in [-0.2, -0.15) is 0 Å². The van der Waals surface area contributed by atoms with E-state index in [1.807, 2.05) is 18.4 Å². The van der Waals surface area contributed by atoms with Gasteiger partial charge in [-0.05, 0) is 62.5 Å². The monoisotopic (exact) mass is 290 g/mol. The highest BCUT2D eigenvalue weighted by Gasteiger charge is 2.15. The van der Waals surface area contributed by atoms with Crippen molar-refractivity contribution in [1.82, 2.24) is 10.2 Å². The van der Waals surface area contributed by atoms with Gasteiger partial charge in [0.25, 0.3) is 0 Å². The van der Waals surface area contributed by atoms with Crippen LogP contribution < -0.4 is 5.32 Å². The minimum atomic E-state index is 0.551. The van der Waals surface area contributed by atoms with E-state index in [4.69, 9.17) is 0 Å². The smallest absolute Gasteiger partial charge is 0.0436 e. The quantitative estimate of drug-likeness (QED) is 0.810. The first kappa shape index (κ1) is 13.2. The van der Waals surface area contributed by atoms with Gasteiger partial charge in [-0.1, -0.05) is 0 Å². The van der Waals surface area contributed by atoms with Crippen molar-refractivity contribution >= 4 is 27.3 Å². The minimum absolute atomic E-state index is 0.551. The molecule has 0 fully saturated rings. The van der Waals surface area contributed by atoms with Gasteiger partial charge in [0.1, 0.15) is 0 Å². The number of nitrogens with zero attached hydrogens (tertiary/aromatic N) is 1. The second-order valence-corrected chi connectivity index (χ2v) is 5.75. The Bertz CT molecular complexity index is 286. The van der Waals surface area contributed by atoms with Crippen LogP contribution in [0.15, 0.2) is 15.9 Å². The van der Waals surface area contributed by atoms with E-state index >= 15 is 0 Å². The molecule has 1 rings (SSSR count). The molecule has 0 spiro atoms. The van der Waals surface area contributed by atoms with E-state index in [-0.39, 0.29) is 0 Å². The average Bonchev–Trinajstić information content (AvgIpc) is 2.59. The number of halogens is 1. The highest BCUT2D eigenvalue weighted by molar-refractivity contribution is 9.10. The molecule has 1 N–H and O–H groups in total. The van der Waals surface area contributed by atoms with Crippen molar-refractivity contribution in [2.24, 2.45) is 0 Å². The summed E-state index contributed by atoms with van der Waals surface area (Å²) < 4.78 is 1.20. The van der Waals surface area contributed by atoms with E-state index in [9.17, 15) is 0 Å². The molecule has 2 nitrogen and oxygen atoms in total. The summed E-state index contributed by atoms with van der Waals surface area (Å²) in [7, 11) is 6.31. The van der Waals surface area contributed by atoms with Crippen LogP contribution in [0.3, 0.4) is 0 Å². The Kier molecular flexibility index (Phi) is 5.82. The van der Waals surface area contributed by atoms with Crippen molar-refractivity contribution in [3.05, 3.63) is 20.8 Å². The summed E-state index contributed by atoms with van der Waals surface area (Å²) in [5, 5.41) is 5.35. The second-order valence-electron chi connectivity index (χ2n) is 3.89. The van der Waals surface area contributed by atoms with E-state index in [1.165, 1.54) is 22.2 Å². The third-order valence-corrected chi connectivity index (χ3v) is 4.24. The molecule has 4 heteroatoms. The molecule has 0 aromatic carbocycles. The van der Waals surface area contributed by atoms with E-state index < -0.39 is 0 Å². The lowest BCUT2D eigenvalue weighted by Crippen LogP contribution is -2.20. The second kappa shape index (κ2) is 6.63. The molecule has 0 radical (unpaired) electrons. The van der Waals surface area contributed by atoms with Crippen LogP contribution in [0.4, 0.5) is 0 Å².